The summed E-state index contributed by atoms with van der Waals surface area (Å²) in [4.78, 5) is 17.1. The van der Waals surface area contributed by atoms with Gasteiger partial charge in [0.1, 0.15) is 11.6 Å². The molecular formula is C21H21FN2O4S. The summed E-state index contributed by atoms with van der Waals surface area (Å²) in [6, 6.07) is 11.0. The number of thiazole rings is 1. The van der Waals surface area contributed by atoms with Gasteiger partial charge < -0.3 is 14.2 Å². The van der Waals surface area contributed by atoms with E-state index in [4.69, 9.17) is 14.2 Å². The number of nitrogens with one attached hydrogen (secondary N) is 1. The molecule has 0 saturated heterocycles. The number of carbonyl (C=O) groups excluding carboxylic acids is 1. The van der Waals surface area contributed by atoms with Crippen LogP contribution in [0.25, 0.3) is 11.3 Å². The molecule has 152 valence electrons. The Balaban J connectivity index is 1.72. The van der Waals surface area contributed by atoms with Crippen LogP contribution in [0.2, 0.25) is 0 Å². The van der Waals surface area contributed by atoms with Crippen LogP contribution in [-0.2, 0) is 4.79 Å². The number of rotatable bonds is 7. The molecule has 0 radical (unpaired) electrons. The number of methoxy groups -OCH3 is 2. The summed E-state index contributed by atoms with van der Waals surface area (Å²) in [5.41, 5.74) is 0.359. The van der Waals surface area contributed by atoms with Crippen molar-refractivity contribution < 1.29 is 23.4 Å². The predicted octanol–water partition coefficient (Wildman–Crippen LogP) is 4.76. The van der Waals surface area contributed by atoms with Gasteiger partial charge in [-0.05, 0) is 56.3 Å². The van der Waals surface area contributed by atoms with Crippen molar-refractivity contribution in [3.05, 3.63) is 53.7 Å². The van der Waals surface area contributed by atoms with E-state index in [2.05, 4.69) is 10.3 Å². The fraction of sp³-hybridized carbons (Fsp3) is 0.238. The molecule has 0 saturated carbocycles. The molecule has 0 bridgehead atoms. The average molecular weight is 416 g/mol. The Morgan fingerprint density at radius 3 is 2.41 bits per heavy atom. The van der Waals surface area contributed by atoms with Gasteiger partial charge in [0.2, 0.25) is 0 Å². The maximum atomic E-state index is 13.0. The topological polar surface area (TPSA) is 69.7 Å². The lowest BCUT2D eigenvalue weighted by atomic mass is 10.1. The number of hydrogen-bond acceptors (Lipinski definition) is 6. The van der Waals surface area contributed by atoms with Crippen LogP contribution in [0.4, 0.5) is 9.52 Å². The van der Waals surface area contributed by atoms with Crippen LogP contribution in [0.5, 0.6) is 17.2 Å². The van der Waals surface area contributed by atoms with E-state index in [1.54, 1.807) is 34.1 Å². The van der Waals surface area contributed by atoms with Gasteiger partial charge in [0.15, 0.2) is 22.2 Å². The number of aromatic nitrogens is 1. The first kappa shape index (κ1) is 20.6. The fourth-order valence-corrected chi connectivity index (χ4v) is 3.27. The first-order valence-corrected chi connectivity index (χ1v) is 9.64. The van der Waals surface area contributed by atoms with Gasteiger partial charge in [-0.15, -0.1) is 11.3 Å². The highest BCUT2D eigenvalue weighted by Crippen LogP contribution is 2.33. The average Bonchev–Trinajstić information content (AvgIpc) is 3.17. The molecule has 0 aliphatic rings. The predicted molar refractivity (Wildman–Crippen MR) is 110 cm³/mol. The molecule has 8 heteroatoms. The lowest BCUT2D eigenvalue weighted by Gasteiger charge is -2.24. The Morgan fingerprint density at radius 1 is 1.07 bits per heavy atom. The maximum absolute atomic E-state index is 13.0. The number of amides is 1. The highest BCUT2D eigenvalue weighted by atomic mass is 32.1. The third kappa shape index (κ3) is 4.83. The van der Waals surface area contributed by atoms with E-state index in [9.17, 15) is 9.18 Å². The van der Waals surface area contributed by atoms with E-state index in [1.807, 2.05) is 17.5 Å². The fourth-order valence-electron chi connectivity index (χ4n) is 2.55. The Labute approximate surface area is 172 Å². The monoisotopic (exact) mass is 416 g/mol. The van der Waals surface area contributed by atoms with Gasteiger partial charge in [0.25, 0.3) is 5.91 Å². The van der Waals surface area contributed by atoms with Crippen LogP contribution in [0, 0.1) is 5.82 Å². The third-order valence-corrected chi connectivity index (χ3v) is 4.90. The SMILES string of the molecule is COc1ccc(-c2csc(NC(=O)C(C)(C)Oc3ccc(F)cc3)n2)cc1OC. The Bertz CT molecular complexity index is 1000. The van der Waals surface area contributed by atoms with E-state index in [0.717, 1.165) is 5.56 Å². The van der Waals surface area contributed by atoms with Gasteiger partial charge in [-0.1, -0.05) is 0 Å². The Hall–Kier alpha value is -3.13. The number of anilines is 1. The molecule has 6 nitrogen and oxygen atoms in total. The maximum Gasteiger partial charge on any atom is 0.269 e. The number of nitrogens with zero attached hydrogens (tertiary/aromatic N) is 1. The van der Waals surface area contributed by atoms with Crippen molar-refractivity contribution in [1.82, 2.24) is 4.98 Å². The largest absolute Gasteiger partial charge is 0.493 e. The number of halogens is 1. The first-order chi connectivity index (χ1) is 13.8. The molecule has 0 spiro atoms. The van der Waals surface area contributed by atoms with Crippen LogP contribution < -0.4 is 19.5 Å². The van der Waals surface area contributed by atoms with Crippen LogP contribution in [0.1, 0.15) is 13.8 Å². The molecule has 0 atom stereocenters. The van der Waals surface area contributed by atoms with Crippen molar-refractivity contribution in [3.63, 3.8) is 0 Å². The summed E-state index contributed by atoms with van der Waals surface area (Å²) in [5, 5.41) is 5.05. The Morgan fingerprint density at radius 2 is 1.76 bits per heavy atom. The summed E-state index contributed by atoms with van der Waals surface area (Å²) in [5.74, 6) is 0.883. The third-order valence-electron chi connectivity index (χ3n) is 4.14. The van der Waals surface area contributed by atoms with Gasteiger partial charge >= 0.3 is 0 Å². The summed E-state index contributed by atoms with van der Waals surface area (Å²) in [6.07, 6.45) is 0. The zero-order valence-corrected chi connectivity index (χ0v) is 17.3. The minimum atomic E-state index is -1.17. The molecule has 3 rings (SSSR count). The smallest absolute Gasteiger partial charge is 0.269 e. The molecule has 1 N–H and O–H groups in total. The van der Waals surface area contributed by atoms with Crippen molar-refractivity contribution in [2.45, 2.75) is 19.4 Å². The lowest BCUT2D eigenvalue weighted by molar-refractivity contribution is -0.128. The van der Waals surface area contributed by atoms with Crippen molar-refractivity contribution in [3.8, 4) is 28.5 Å². The molecule has 1 amide bonds. The molecular weight excluding hydrogens is 395 g/mol. The zero-order valence-electron chi connectivity index (χ0n) is 16.5. The number of carbonyl (C=O) groups is 1. The molecule has 3 aromatic rings. The second kappa shape index (κ2) is 8.48. The number of ether oxygens (including phenoxy) is 3. The summed E-state index contributed by atoms with van der Waals surface area (Å²) < 4.78 is 29.3. The van der Waals surface area contributed by atoms with E-state index < -0.39 is 5.60 Å². The Kier molecular flexibility index (Phi) is 6.03. The summed E-state index contributed by atoms with van der Waals surface area (Å²) in [7, 11) is 3.14. The van der Waals surface area contributed by atoms with Crippen LogP contribution in [-0.4, -0.2) is 30.7 Å². The molecule has 29 heavy (non-hydrogen) atoms. The van der Waals surface area contributed by atoms with E-state index >= 15 is 0 Å². The quantitative estimate of drug-likeness (QED) is 0.601. The molecule has 2 aromatic carbocycles. The van der Waals surface area contributed by atoms with Crippen molar-refractivity contribution in [1.29, 1.82) is 0 Å². The minimum Gasteiger partial charge on any atom is -0.493 e. The van der Waals surface area contributed by atoms with Gasteiger partial charge in [-0.2, -0.15) is 0 Å². The molecule has 1 aromatic heterocycles. The number of benzene rings is 2. The van der Waals surface area contributed by atoms with Gasteiger partial charge in [-0.3, -0.25) is 10.1 Å². The van der Waals surface area contributed by atoms with Crippen molar-refractivity contribution in [2.24, 2.45) is 0 Å². The van der Waals surface area contributed by atoms with E-state index in [1.165, 1.54) is 35.6 Å². The highest BCUT2D eigenvalue weighted by Gasteiger charge is 2.30. The molecule has 0 aliphatic heterocycles. The summed E-state index contributed by atoms with van der Waals surface area (Å²) >= 11 is 1.30. The number of hydrogen-bond donors (Lipinski definition) is 1. The van der Waals surface area contributed by atoms with Crippen LogP contribution in [0.3, 0.4) is 0 Å². The normalized spacial score (nSPS) is 11.1. The summed E-state index contributed by atoms with van der Waals surface area (Å²) in [6.45, 7) is 3.27. The highest BCUT2D eigenvalue weighted by molar-refractivity contribution is 7.14. The minimum absolute atomic E-state index is 0.366. The van der Waals surface area contributed by atoms with Crippen LogP contribution in [0.15, 0.2) is 47.8 Å². The molecule has 0 fully saturated rings. The molecule has 0 unspecified atom stereocenters. The van der Waals surface area contributed by atoms with E-state index in [-0.39, 0.29) is 11.7 Å². The molecule has 0 aliphatic carbocycles. The van der Waals surface area contributed by atoms with Gasteiger partial charge in [0.05, 0.1) is 19.9 Å². The standard InChI is InChI=1S/C21H21FN2O4S/c1-21(2,28-15-8-6-14(22)7-9-15)19(25)24-20-23-16(12-29-20)13-5-10-17(26-3)18(11-13)27-4/h5-12H,1-4H3,(H,23,24,25). The zero-order chi connectivity index (χ0) is 21.0. The van der Waals surface area contributed by atoms with Crippen molar-refractivity contribution in [2.75, 3.05) is 19.5 Å². The molecule has 1 heterocycles. The van der Waals surface area contributed by atoms with Gasteiger partial charge in [0, 0.05) is 10.9 Å². The van der Waals surface area contributed by atoms with Crippen LogP contribution >= 0.6 is 11.3 Å². The second-order valence-electron chi connectivity index (χ2n) is 6.63. The second-order valence-corrected chi connectivity index (χ2v) is 7.49. The lowest BCUT2D eigenvalue weighted by Crippen LogP contribution is -2.42. The van der Waals surface area contributed by atoms with Gasteiger partial charge in [-0.25, -0.2) is 9.37 Å². The van der Waals surface area contributed by atoms with Crippen molar-refractivity contribution >= 4 is 22.4 Å². The first-order valence-electron chi connectivity index (χ1n) is 8.76. The van der Waals surface area contributed by atoms with E-state index in [0.29, 0.717) is 28.1 Å².